The summed E-state index contributed by atoms with van der Waals surface area (Å²) in [5, 5.41) is 0. The number of hydrogen-bond acceptors (Lipinski definition) is 4. The predicted octanol–water partition coefficient (Wildman–Crippen LogP) is 4.37. The standard InChI is InChI=1S/C26H32N2O3/c1-30-25-19-21(9-11-24(25)31-20-22-7-3-2-4-8-22)10-12-26(29)28-17-13-23(14-18-28)27-15-5-6-16-27/h2-4,7-12,19,23H,5-6,13-18,20H2,1H3/b12-10+. The molecule has 1 amide bonds. The molecule has 2 heterocycles. The van der Waals surface area contributed by atoms with E-state index in [4.69, 9.17) is 9.47 Å². The number of methoxy groups -OCH3 is 1. The second-order valence-corrected chi connectivity index (χ2v) is 8.32. The smallest absolute Gasteiger partial charge is 0.246 e. The summed E-state index contributed by atoms with van der Waals surface area (Å²) in [5.74, 6) is 1.44. The Balaban J connectivity index is 1.31. The molecule has 0 radical (unpaired) electrons. The van der Waals surface area contributed by atoms with Crippen molar-refractivity contribution in [1.29, 1.82) is 0 Å². The number of piperidine rings is 1. The Hall–Kier alpha value is -2.79. The molecule has 5 nitrogen and oxygen atoms in total. The zero-order chi connectivity index (χ0) is 21.5. The summed E-state index contributed by atoms with van der Waals surface area (Å²) < 4.78 is 11.4. The normalized spacial score (nSPS) is 17.9. The van der Waals surface area contributed by atoms with Crippen molar-refractivity contribution >= 4 is 12.0 Å². The second-order valence-electron chi connectivity index (χ2n) is 8.32. The fourth-order valence-corrected chi connectivity index (χ4v) is 4.47. The van der Waals surface area contributed by atoms with E-state index in [0.29, 0.717) is 24.1 Å². The highest BCUT2D eigenvalue weighted by Gasteiger charge is 2.27. The van der Waals surface area contributed by atoms with Gasteiger partial charge in [-0.25, -0.2) is 0 Å². The molecular formula is C26H32N2O3. The van der Waals surface area contributed by atoms with Crippen LogP contribution in [-0.2, 0) is 11.4 Å². The number of rotatable bonds is 7. The van der Waals surface area contributed by atoms with Crippen molar-refractivity contribution in [1.82, 2.24) is 9.80 Å². The number of carbonyl (C=O) groups is 1. The fourth-order valence-electron chi connectivity index (χ4n) is 4.47. The largest absolute Gasteiger partial charge is 0.493 e. The summed E-state index contributed by atoms with van der Waals surface area (Å²) in [7, 11) is 1.63. The van der Waals surface area contributed by atoms with Crippen LogP contribution in [0.15, 0.2) is 54.6 Å². The van der Waals surface area contributed by atoms with Crippen molar-refractivity contribution in [3.63, 3.8) is 0 Å². The molecule has 164 valence electrons. The third-order valence-electron chi connectivity index (χ3n) is 6.28. The minimum atomic E-state index is 0.0863. The first-order valence-corrected chi connectivity index (χ1v) is 11.3. The molecule has 5 heteroatoms. The zero-order valence-electron chi connectivity index (χ0n) is 18.3. The number of hydrogen-bond donors (Lipinski definition) is 0. The fraction of sp³-hybridized carbons (Fsp3) is 0.423. The minimum absolute atomic E-state index is 0.0863. The monoisotopic (exact) mass is 420 g/mol. The maximum Gasteiger partial charge on any atom is 0.246 e. The van der Waals surface area contributed by atoms with Crippen LogP contribution in [0.4, 0.5) is 0 Å². The van der Waals surface area contributed by atoms with Gasteiger partial charge in [-0.15, -0.1) is 0 Å². The average Bonchev–Trinajstić information content (AvgIpc) is 3.37. The second kappa shape index (κ2) is 10.5. The van der Waals surface area contributed by atoms with Gasteiger partial charge in [-0.2, -0.15) is 0 Å². The van der Waals surface area contributed by atoms with Crippen molar-refractivity contribution in [2.24, 2.45) is 0 Å². The van der Waals surface area contributed by atoms with E-state index in [1.165, 1.54) is 25.9 Å². The Labute approximate surface area is 185 Å². The van der Waals surface area contributed by atoms with Crippen LogP contribution in [0.5, 0.6) is 11.5 Å². The molecule has 4 rings (SSSR count). The molecule has 0 aliphatic carbocycles. The van der Waals surface area contributed by atoms with Gasteiger partial charge in [0.25, 0.3) is 0 Å². The first-order chi connectivity index (χ1) is 15.2. The Morgan fingerprint density at radius 2 is 1.74 bits per heavy atom. The van der Waals surface area contributed by atoms with Gasteiger partial charge in [0, 0.05) is 25.2 Å². The molecule has 2 saturated heterocycles. The molecular weight excluding hydrogens is 388 g/mol. The van der Waals surface area contributed by atoms with E-state index in [1.54, 1.807) is 13.2 Å². The SMILES string of the molecule is COc1cc(/C=C/C(=O)N2CCC(N3CCCC3)CC2)ccc1OCc1ccccc1. The van der Waals surface area contributed by atoms with Crippen LogP contribution in [0.25, 0.3) is 6.08 Å². The molecule has 0 spiro atoms. The van der Waals surface area contributed by atoms with Gasteiger partial charge in [0.15, 0.2) is 11.5 Å². The van der Waals surface area contributed by atoms with Gasteiger partial charge < -0.3 is 19.3 Å². The van der Waals surface area contributed by atoms with Crippen LogP contribution in [0.1, 0.15) is 36.8 Å². The first-order valence-electron chi connectivity index (χ1n) is 11.3. The van der Waals surface area contributed by atoms with Gasteiger partial charge in [0.1, 0.15) is 6.61 Å². The summed E-state index contributed by atoms with van der Waals surface area (Å²) in [6.07, 6.45) is 8.35. The molecule has 2 aromatic carbocycles. The number of ether oxygens (including phenoxy) is 2. The van der Waals surface area contributed by atoms with E-state index in [9.17, 15) is 4.79 Å². The van der Waals surface area contributed by atoms with Crippen LogP contribution in [0.3, 0.4) is 0 Å². The molecule has 31 heavy (non-hydrogen) atoms. The maximum atomic E-state index is 12.6. The zero-order valence-corrected chi connectivity index (χ0v) is 18.3. The maximum absolute atomic E-state index is 12.6. The van der Waals surface area contributed by atoms with Gasteiger partial charge in [0.2, 0.25) is 5.91 Å². The minimum Gasteiger partial charge on any atom is -0.493 e. The first kappa shape index (κ1) is 21.4. The molecule has 0 aromatic heterocycles. The highest BCUT2D eigenvalue weighted by molar-refractivity contribution is 5.92. The molecule has 2 aliphatic rings. The van der Waals surface area contributed by atoms with Crippen molar-refractivity contribution in [3.8, 4) is 11.5 Å². The van der Waals surface area contributed by atoms with E-state index in [1.807, 2.05) is 59.5 Å². The third-order valence-corrected chi connectivity index (χ3v) is 6.28. The number of nitrogens with zero attached hydrogens (tertiary/aromatic N) is 2. The van der Waals surface area contributed by atoms with Crippen molar-refractivity contribution in [2.45, 2.75) is 38.3 Å². The Bertz CT molecular complexity index is 883. The van der Waals surface area contributed by atoms with Gasteiger partial charge in [-0.3, -0.25) is 4.79 Å². The molecule has 0 saturated carbocycles. The van der Waals surface area contributed by atoms with Crippen molar-refractivity contribution in [3.05, 3.63) is 65.7 Å². The topological polar surface area (TPSA) is 42.0 Å². The molecule has 2 aliphatic heterocycles. The van der Waals surface area contributed by atoms with Crippen LogP contribution in [0, 0.1) is 0 Å². The Kier molecular flexibility index (Phi) is 7.26. The number of likely N-dealkylation sites (tertiary alicyclic amines) is 2. The summed E-state index contributed by atoms with van der Waals surface area (Å²) in [6.45, 7) is 4.63. The summed E-state index contributed by atoms with van der Waals surface area (Å²) in [5.41, 5.74) is 2.02. The highest BCUT2D eigenvalue weighted by atomic mass is 16.5. The van der Waals surface area contributed by atoms with Crippen LogP contribution >= 0.6 is 0 Å². The number of benzene rings is 2. The number of carbonyl (C=O) groups excluding carboxylic acids is 1. The van der Waals surface area contributed by atoms with E-state index in [2.05, 4.69) is 4.90 Å². The number of amides is 1. The van der Waals surface area contributed by atoms with E-state index in [0.717, 1.165) is 37.1 Å². The van der Waals surface area contributed by atoms with Crippen molar-refractivity contribution < 1.29 is 14.3 Å². The lowest BCUT2D eigenvalue weighted by molar-refractivity contribution is -0.127. The van der Waals surface area contributed by atoms with Crippen molar-refractivity contribution in [2.75, 3.05) is 33.3 Å². The summed E-state index contributed by atoms with van der Waals surface area (Å²) >= 11 is 0. The van der Waals surface area contributed by atoms with Crippen LogP contribution < -0.4 is 9.47 Å². The third kappa shape index (κ3) is 5.67. The molecule has 2 fully saturated rings. The summed E-state index contributed by atoms with van der Waals surface area (Å²) in [4.78, 5) is 17.2. The Morgan fingerprint density at radius 3 is 2.45 bits per heavy atom. The van der Waals surface area contributed by atoms with E-state index < -0.39 is 0 Å². The van der Waals surface area contributed by atoms with Gasteiger partial charge in [-0.1, -0.05) is 36.4 Å². The van der Waals surface area contributed by atoms with E-state index >= 15 is 0 Å². The van der Waals surface area contributed by atoms with Gasteiger partial charge >= 0.3 is 0 Å². The quantitative estimate of drug-likeness (QED) is 0.624. The molecule has 0 N–H and O–H groups in total. The van der Waals surface area contributed by atoms with E-state index in [-0.39, 0.29) is 5.91 Å². The molecule has 0 atom stereocenters. The van der Waals surface area contributed by atoms with Gasteiger partial charge in [0.05, 0.1) is 7.11 Å². The van der Waals surface area contributed by atoms with Gasteiger partial charge in [-0.05, 0) is 68.1 Å². The molecule has 0 unspecified atom stereocenters. The summed E-state index contributed by atoms with van der Waals surface area (Å²) in [6, 6.07) is 16.5. The molecule has 2 aromatic rings. The lowest BCUT2D eigenvalue weighted by Gasteiger charge is -2.36. The van der Waals surface area contributed by atoms with Crippen LogP contribution in [0.2, 0.25) is 0 Å². The lowest BCUT2D eigenvalue weighted by Crippen LogP contribution is -2.45. The highest BCUT2D eigenvalue weighted by Crippen LogP contribution is 2.29. The molecule has 0 bridgehead atoms. The lowest BCUT2D eigenvalue weighted by atomic mass is 10.0. The average molecular weight is 421 g/mol. The van der Waals surface area contributed by atoms with Crippen LogP contribution in [-0.4, -0.2) is 55.0 Å². The Morgan fingerprint density at radius 1 is 1.00 bits per heavy atom. The predicted molar refractivity (Wildman–Crippen MR) is 123 cm³/mol.